The van der Waals surface area contributed by atoms with Gasteiger partial charge < -0.3 is 9.80 Å². The number of hydrogen-bond donors (Lipinski definition) is 0. The molecule has 2 aromatic rings. The molecule has 1 heterocycles. The highest BCUT2D eigenvalue weighted by Gasteiger charge is 2.21. The minimum atomic E-state index is 0.0906. The molecule has 3 rings (SSSR count). The zero-order valence-corrected chi connectivity index (χ0v) is 16.5. The number of amides is 1. The van der Waals surface area contributed by atoms with E-state index in [1.807, 2.05) is 47.4 Å². The van der Waals surface area contributed by atoms with E-state index >= 15 is 0 Å². The van der Waals surface area contributed by atoms with Gasteiger partial charge in [0.25, 0.3) is 0 Å². The monoisotopic (exact) mass is 404 g/mol. The van der Waals surface area contributed by atoms with Gasteiger partial charge in [-0.3, -0.25) is 9.59 Å². The Hall–Kier alpha value is -2.04. The number of hydrogen-bond acceptors (Lipinski definition) is 3. The predicted octanol–water partition coefficient (Wildman–Crippen LogP) is 4.70. The second kappa shape index (κ2) is 9.25. The molecule has 0 atom stereocenters. The highest BCUT2D eigenvalue weighted by atomic mass is 35.5. The van der Waals surface area contributed by atoms with Gasteiger partial charge in [-0.15, -0.1) is 0 Å². The third-order valence-corrected chi connectivity index (χ3v) is 5.53. The minimum Gasteiger partial charge on any atom is -0.368 e. The standard InChI is InChI=1S/C21H22Cl2N2O2/c22-18-10-9-17(15-19(18)23)24-11-13-25(14-12-24)21(27)8-4-7-20(26)16-5-2-1-3-6-16/h1-3,5-6,9-10,15H,4,7-8,11-14H2. The first kappa shape index (κ1) is 19.7. The van der Waals surface area contributed by atoms with Gasteiger partial charge in [0.05, 0.1) is 10.0 Å². The van der Waals surface area contributed by atoms with E-state index in [0.29, 0.717) is 48.0 Å². The molecular formula is C21H22Cl2N2O2. The summed E-state index contributed by atoms with van der Waals surface area (Å²) in [5, 5.41) is 1.08. The van der Waals surface area contributed by atoms with Crippen LogP contribution in [-0.4, -0.2) is 42.8 Å². The molecule has 6 heteroatoms. The number of rotatable bonds is 6. The first-order chi connectivity index (χ1) is 13.0. The van der Waals surface area contributed by atoms with Crippen LogP contribution in [0.4, 0.5) is 5.69 Å². The van der Waals surface area contributed by atoms with Gasteiger partial charge in [0.1, 0.15) is 0 Å². The van der Waals surface area contributed by atoms with Crippen molar-refractivity contribution in [1.82, 2.24) is 4.90 Å². The summed E-state index contributed by atoms with van der Waals surface area (Å²) in [5.41, 5.74) is 1.73. The van der Waals surface area contributed by atoms with E-state index in [0.717, 1.165) is 18.8 Å². The first-order valence-electron chi connectivity index (χ1n) is 9.10. The Bertz CT molecular complexity index is 803. The Labute approximate surface area is 169 Å². The Morgan fingerprint density at radius 2 is 1.56 bits per heavy atom. The molecule has 0 saturated carbocycles. The highest BCUT2D eigenvalue weighted by molar-refractivity contribution is 6.42. The quantitative estimate of drug-likeness (QED) is 0.655. The van der Waals surface area contributed by atoms with E-state index in [2.05, 4.69) is 4.90 Å². The summed E-state index contributed by atoms with van der Waals surface area (Å²) in [4.78, 5) is 28.6. The second-order valence-corrected chi connectivity index (χ2v) is 7.42. The zero-order chi connectivity index (χ0) is 19.2. The first-order valence-corrected chi connectivity index (χ1v) is 9.86. The maximum atomic E-state index is 12.4. The molecule has 1 amide bonds. The zero-order valence-electron chi connectivity index (χ0n) is 15.0. The average molecular weight is 405 g/mol. The molecular weight excluding hydrogens is 383 g/mol. The van der Waals surface area contributed by atoms with Gasteiger partial charge in [-0.2, -0.15) is 0 Å². The van der Waals surface area contributed by atoms with Crippen LogP contribution >= 0.6 is 23.2 Å². The van der Waals surface area contributed by atoms with Crippen molar-refractivity contribution in [3.8, 4) is 0 Å². The SMILES string of the molecule is O=C(CCCC(=O)N1CCN(c2ccc(Cl)c(Cl)c2)CC1)c1ccccc1. The van der Waals surface area contributed by atoms with Crippen molar-refractivity contribution in [3.05, 3.63) is 64.1 Å². The summed E-state index contributed by atoms with van der Waals surface area (Å²) < 4.78 is 0. The molecule has 0 unspecified atom stereocenters. The summed E-state index contributed by atoms with van der Waals surface area (Å²) in [6.07, 6.45) is 1.39. The smallest absolute Gasteiger partial charge is 0.222 e. The fraction of sp³-hybridized carbons (Fsp3) is 0.333. The molecule has 2 aromatic carbocycles. The number of carbonyl (C=O) groups is 2. The lowest BCUT2D eigenvalue weighted by Gasteiger charge is -2.36. The predicted molar refractivity (Wildman–Crippen MR) is 110 cm³/mol. The van der Waals surface area contributed by atoms with Crippen molar-refractivity contribution in [2.75, 3.05) is 31.1 Å². The number of piperazine rings is 1. The molecule has 1 aliphatic heterocycles. The fourth-order valence-corrected chi connectivity index (χ4v) is 3.51. The molecule has 1 fully saturated rings. The van der Waals surface area contributed by atoms with Crippen LogP contribution in [0.25, 0.3) is 0 Å². The van der Waals surface area contributed by atoms with Gasteiger partial charge in [0.15, 0.2) is 5.78 Å². The number of carbonyl (C=O) groups excluding carboxylic acids is 2. The van der Waals surface area contributed by atoms with Crippen molar-refractivity contribution in [3.63, 3.8) is 0 Å². The van der Waals surface area contributed by atoms with Crippen molar-refractivity contribution in [2.24, 2.45) is 0 Å². The molecule has 0 bridgehead atoms. The lowest BCUT2D eigenvalue weighted by Crippen LogP contribution is -2.48. The van der Waals surface area contributed by atoms with Gasteiger partial charge >= 0.3 is 0 Å². The Morgan fingerprint density at radius 1 is 0.852 bits per heavy atom. The molecule has 4 nitrogen and oxygen atoms in total. The summed E-state index contributed by atoms with van der Waals surface area (Å²) in [6.45, 7) is 2.86. The number of ketones is 1. The molecule has 0 N–H and O–H groups in total. The van der Waals surface area contributed by atoms with Crippen LogP contribution in [0.3, 0.4) is 0 Å². The van der Waals surface area contributed by atoms with Gasteiger partial charge in [-0.05, 0) is 24.6 Å². The number of halogens is 2. The summed E-state index contributed by atoms with van der Waals surface area (Å²) in [5.74, 6) is 0.206. The molecule has 1 aliphatic rings. The van der Waals surface area contributed by atoms with Crippen LogP contribution in [0.2, 0.25) is 10.0 Å². The fourth-order valence-electron chi connectivity index (χ4n) is 3.22. The molecule has 0 spiro atoms. The Kier molecular flexibility index (Phi) is 6.75. The van der Waals surface area contributed by atoms with Crippen LogP contribution in [0.1, 0.15) is 29.6 Å². The Morgan fingerprint density at radius 3 is 2.22 bits per heavy atom. The van der Waals surface area contributed by atoms with Gasteiger partial charge in [-0.25, -0.2) is 0 Å². The van der Waals surface area contributed by atoms with Crippen LogP contribution in [0, 0.1) is 0 Å². The Balaban J connectivity index is 1.43. The van der Waals surface area contributed by atoms with E-state index in [4.69, 9.17) is 23.2 Å². The summed E-state index contributed by atoms with van der Waals surface area (Å²) >= 11 is 12.1. The van der Waals surface area contributed by atoms with Crippen molar-refractivity contribution in [1.29, 1.82) is 0 Å². The van der Waals surface area contributed by atoms with E-state index in [9.17, 15) is 9.59 Å². The average Bonchev–Trinajstić information content (AvgIpc) is 2.70. The van der Waals surface area contributed by atoms with Gasteiger partial charge in [-0.1, -0.05) is 53.5 Å². The highest BCUT2D eigenvalue weighted by Crippen LogP contribution is 2.27. The lowest BCUT2D eigenvalue weighted by atomic mass is 10.1. The third kappa shape index (κ3) is 5.24. The normalized spacial score (nSPS) is 14.3. The number of Topliss-reactive ketones (excluding diaryl/α,β-unsaturated/α-hetero) is 1. The second-order valence-electron chi connectivity index (χ2n) is 6.61. The van der Waals surface area contributed by atoms with E-state index in [-0.39, 0.29) is 11.7 Å². The summed E-state index contributed by atoms with van der Waals surface area (Å²) in [7, 11) is 0. The largest absolute Gasteiger partial charge is 0.368 e. The third-order valence-electron chi connectivity index (χ3n) is 4.79. The summed E-state index contributed by atoms with van der Waals surface area (Å²) in [6, 6.07) is 14.8. The minimum absolute atomic E-state index is 0.0906. The van der Waals surface area contributed by atoms with Crippen molar-refractivity contribution >= 4 is 40.6 Å². The lowest BCUT2D eigenvalue weighted by molar-refractivity contribution is -0.131. The molecule has 0 aromatic heterocycles. The molecule has 142 valence electrons. The molecule has 0 radical (unpaired) electrons. The maximum absolute atomic E-state index is 12.4. The number of nitrogens with zero attached hydrogens (tertiary/aromatic N) is 2. The molecule has 0 aliphatic carbocycles. The van der Waals surface area contributed by atoms with E-state index in [1.54, 1.807) is 6.07 Å². The van der Waals surface area contributed by atoms with Crippen LogP contribution in [0.15, 0.2) is 48.5 Å². The topological polar surface area (TPSA) is 40.6 Å². The van der Waals surface area contributed by atoms with Crippen molar-refractivity contribution < 1.29 is 9.59 Å². The van der Waals surface area contributed by atoms with Crippen molar-refractivity contribution in [2.45, 2.75) is 19.3 Å². The number of anilines is 1. The molecule has 27 heavy (non-hydrogen) atoms. The van der Waals surface area contributed by atoms with E-state index < -0.39 is 0 Å². The molecule has 1 saturated heterocycles. The van der Waals surface area contributed by atoms with Crippen LogP contribution < -0.4 is 4.90 Å². The van der Waals surface area contributed by atoms with E-state index in [1.165, 1.54) is 0 Å². The maximum Gasteiger partial charge on any atom is 0.222 e. The van der Waals surface area contributed by atoms with Gasteiger partial charge in [0, 0.05) is 50.3 Å². The van der Waals surface area contributed by atoms with Crippen LogP contribution in [-0.2, 0) is 4.79 Å². The van der Waals surface area contributed by atoms with Gasteiger partial charge in [0.2, 0.25) is 5.91 Å². The van der Waals surface area contributed by atoms with Crippen LogP contribution in [0.5, 0.6) is 0 Å². The number of benzene rings is 2.